The van der Waals surface area contributed by atoms with Crippen molar-refractivity contribution in [1.29, 1.82) is 0 Å². The molecule has 0 aliphatic heterocycles. The van der Waals surface area contributed by atoms with Crippen LogP contribution in [0.25, 0.3) is 11.3 Å². The van der Waals surface area contributed by atoms with Crippen LogP contribution in [-0.2, 0) is 6.54 Å². The van der Waals surface area contributed by atoms with Crippen LogP contribution in [0.1, 0.15) is 11.3 Å². The monoisotopic (exact) mass is 415 g/mol. The molecular weight excluding hydrogens is 398 g/mol. The molecule has 9 heteroatoms. The van der Waals surface area contributed by atoms with Gasteiger partial charge < -0.3 is 19.3 Å². The highest BCUT2D eigenvalue weighted by molar-refractivity contribution is 6.30. The maximum Gasteiger partial charge on any atom is 0.281 e. The molecule has 29 heavy (non-hydrogen) atoms. The summed E-state index contributed by atoms with van der Waals surface area (Å²) >= 11 is 5.85. The number of furan rings is 1. The molecule has 0 saturated heterocycles. The van der Waals surface area contributed by atoms with E-state index < -0.39 is 4.92 Å². The molecule has 0 amide bonds. The van der Waals surface area contributed by atoms with Gasteiger partial charge in [0.1, 0.15) is 11.5 Å². The maximum atomic E-state index is 11.2. The van der Waals surface area contributed by atoms with E-state index in [9.17, 15) is 10.1 Å². The molecule has 0 radical (unpaired) electrons. The van der Waals surface area contributed by atoms with Crippen molar-refractivity contribution in [3.63, 3.8) is 0 Å². The molecule has 0 aliphatic carbocycles. The second kappa shape index (κ2) is 9.11. The number of rotatable bonds is 8. The second-order valence-electron chi connectivity index (χ2n) is 5.90. The molecule has 0 saturated carbocycles. The van der Waals surface area contributed by atoms with E-state index in [-0.39, 0.29) is 10.7 Å². The molecule has 1 heterocycles. The summed E-state index contributed by atoms with van der Waals surface area (Å²) in [4.78, 5) is 10.7. The van der Waals surface area contributed by atoms with Gasteiger partial charge in [-0.15, -0.1) is 0 Å². The molecule has 0 spiro atoms. The van der Waals surface area contributed by atoms with Crippen molar-refractivity contribution in [3.8, 4) is 22.8 Å². The van der Waals surface area contributed by atoms with Crippen LogP contribution in [0.15, 0.2) is 58.0 Å². The van der Waals surface area contributed by atoms with Crippen LogP contribution in [-0.4, -0.2) is 25.4 Å². The third-order valence-corrected chi connectivity index (χ3v) is 4.30. The van der Waals surface area contributed by atoms with E-state index in [1.807, 2.05) is 18.2 Å². The van der Waals surface area contributed by atoms with Crippen LogP contribution < -0.4 is 14.9 Å². The van der Waals surface area contributed by atoms with Gasteiger partial charge in [-0.2, -0.15) is 5.10 Å². The lowest BCUT2D eigenvalue weighted by molar-refractivity contribution is -0.384. The number of hydrogen-bond acceptors (Lipinski definition) is 7. The minimum absolute atomic E-state index is 0.123. The van der Waals surface area contributed by atoms with Crippen molar-refractivity contribution in [2.45, 2.75) is 6.54 Å². The van der Waals surface area contributed by atoms with Crippen LogP contribution in [0.5, 0.6) is 11.5 Å². The highest BCUT2D eigenvalue weighted by atomic mass is 35.5. The molecule has 0 fully saturated rings. The maximum absolute atomic E-state index is 11.2. The van der Waals surface area contributed by atoms with E-state index in [1.165, 1.54) is 12.3 Å². The van der Waals surface area contributed by atoms with Crippen LogP contribution in [0.4, 0.5) is 5.69 Å². The predicted octanol–water partition coefficient (Wildman–Crippen LogP) is 4.65. The SMILES string of the molecule is COc1ccc(CN/N=C/c2ccc(-c3ccc(Cl)cc3[N+](=O)[O-])o2)cc1OC. The fourth-order valence-corrected chi connectivity index (χ4v) is 2.83. The predicted molar refractivity (Wildman–Crippen MR) is 110 cm³/mol. The zero-order valence-electron chi connectivity index (χ0n) is 15.7. The molecule has 0 atom stereocenters. The largest absolute Gasteiger partial charge is 0.493 e. The molecule has 0 aliphatic rings. The van der Waals surface area contributed by atoms with Gasteiger partial charge in [0.15, 0.2) is 11.5 Å². The summed E-state index contributed by atoms with van der Waals surface area (Å²) in [5, 5.41) is 15.6. The lowest BCUT2D eigenvalue weighted by Crippen LogP contribution is -2.05. The number of halogens is 1. The fourth-order valence-electron chi connectivity index (χ4n) is 2.67. The first-order valence-corrected chi connectivity index (χ1v) is 8.90. The van der Waals surface area contributed by atoms with E-state index in [1.54, 1.807) is 38.5 Å². The smallest absolute Gasteiger partial charge is 0.281 e. The Morgan fingerprint density at radius 3 is 2.66 bits per heavy atom. The van der Waals surface area contributed by atoms with Gasteiger partial charge in [-0.1, -0.05) is 17.7 Å². The highest BCUT2D eigenvalue weighted by Crippen LogP contribution is 2.33. The van der Waals surface area contributed by atoms with Crippen LogP contribution in [0, 0.1) is 10.1 Å². The Balaban J connectivity index is 1.67. The van der Waals surface area contributed by atoms with E-state index in [0.717, 1.165) is 5.56 Å². The standard InChI is InChI=1S/C20H18ClN3O5/c1-27-19-7-3-13(9-20(19)28-2)11-22-23-12-15-5-8-18(29-15)16-6-4-14(21)10-17(16)24(25)26/h3-10,12,22H,11H2,1-2H3/b23-12+. The molecule has 8 nitrogen and oxygen atoms in total. The third kappa shape index (κ3) is 4.85. The molecule has 150 valence electrons. The van der Waals surface area contributed by atoms with E-state index in [4.69, 9.17) is 25.5 Å². The Morgan fingerprint density at radius 1 is 1.14 bits per heavy atom. The van der Waals surface area contributed by atoms with Gasteiger partial charge in [-0.05, 0) is 42.0 Å². The summed E-state index contributed by atoms with van der Waals surface area (Å²) in [5.74, 6) is 2.09. The van der Waals surface area contributed by atoms with Crippen molar-refractivity contribution < 1.29 is 18.8 Å². The Labute approximate surface area is 171 Å². The van der Waals surface area contributed by atoms with E-state index in [0.29, 0.717) is 35.1 Å². The number of nitrogens with one attached hydrogen (secondary N) is 1. The first-order chi connectivity index (χ1) is 14.0. The molecule has 3 aromatic rings. The van der Waals surface area contributed by atoms with Gasteiger partial charge in [-0.3, -0.25) is 10.1 Å². The van der Waals surface area contributed by atoms with Crippen LogP contribution >= 0.6 is 11.6 Å². The molecule has 1 aromatic heterocycles. The number of hydrogen-bond donors (Lipinski definition) is 1. The summed E-state index contributed by atoms with van der Waals surface area (Å²) in [5.41, 5.74) is 4.09. The van der Waals surface area contributed by atoms with Gasteiger partial charge in [0.2, 0.25) is 0 Å². The third-order valence-electron chi connectivity index (χ3n) is 4.06. The van der Waals surface area contributed by atoms with Crippen molar-refractivity contribution in [2.24, 2.45) is 5.10 Å². The number of ether oxygens (including phenoxy) is 2. The number of methoxy groups -OCH3 is 2. The summed E-state index contributed by atoms with van der Waals surface area (Å²) in [6, 6.07) is 13.3. The minimum Gasteiger partial charge on any atom is -0.493 e. The highest BCUT2D eigenvalue weighted by Gasteiger charge is 2.18. The molecule has 3 rings (SSSR count). The summed E-state index contributed by atoms with van der Waals surface area (Å²) in [6.07, 6.45) is 1.49. The van der Waals surface area contributed by atoms with Gasteiger partial charge in [0.05, 0.1) is 37.5 Å². The summed E-state index contributed by atoms with van der Waals surface area (Å²) in [7, 11) is 3.16. The van der Waals surface area contributed by atoms with Crippen LogP contribution in [0.3, 0.4) is 0 Å². The number of benzene rings is 2. The molecular formula is C20H18ClN3O5. The summed E-state index contributed by atoms with van der Waals surface area (Å²) in [6.45, 7) is 0.465. The Morgan fingerprint density at radius 2 is 1.93 bits per heavy atom. The van der Waals surface area contributed by atoms with Crippen molar-refractivity contribution in [2.75, 3.05) is 14.2 Å². The molecule has 0 unspecified atom stereocenters. The molecule has 0 bridgehead atoms. The topological polar surface area (TPSA) is 99.1 Å². The average Bonchev–Trinajstić information content (AvgIpc) is 3.19. The average molecular weight is 416 g/mol. The first-order valence-electron chi connectivity index (χ1n) is 8.53. The zero-order valence-corrected chi connectivity index (χ0v) is 16.5. The van der Waals surface area contributed by atoms with Gasteiger partial charge in [0.25, 0.3) is 5.69 Å². The van der Waals surface area contributed by atoms with Crippen molar-refractivity contribution >= 4 is 23.5 Å². The zero-order chi connectivity index (χ0) is 20.8. The van der Waals surface area contributed by atoms with Gasteiger partial charge >= 0.3 is 0 Å². The fraction of sp³-hybridized carbons (Fsp3) is 0.150. The Hall–Kier alpha value is -3.52. The van der Waals surface area contributed by atoms with Crippen molar-refractivity contribution in [1.82, 2.24) is 5.43 Å². The molecule has 2 aromatic carbocycles. The second-order valence-corrected chi connectivity index (χ2v) is 6.34. The van der Waals surface area contributed by atoms with E-state index >= 15 is 0 Å². The minimum atomic E-state index is -0.498. The lowest BCUT2D eigenvalue weighted by Gasteiger charge is -2.09. The van der Waals surface area contributed by atoms with Crippen molar-refractivity contribution in [3.05, 3.63) is 75.0 Å². The number of nitro groups is 1. The first kappa shape index (κ1) is 20.2. The number of hydrazone groups is 1. The number of nitro benzene ring substituents is 1. The van der Waals surface area contributed by atoms with Gasteiger partial charge in [-0.25, -0.2) is 0 Å². The lowest BCUT2D eigenvalue weighted by atomic mass is 10.1. The normalized spacial score (nSPS) is 10.9. The summed E-state index contributed by atoms with van der Waals surface area (Å²) < 4.78 is 16.1. The number of nitrogens with zero attached hydrogens (tertiary/aromatic N) is 2. The quantitative estimate of drug-likeness (QED) is 0.326. The van der Waals surface area contributed by atoms with Crippen LogP contribution in [0.2, 0.25) is 5.02 Å². The van der Waals surface area contributed by atoms with Gasteiger partial charge in [0, 0.05) is 11.1 Å². The Kier molecular flexibility index (Phi) is 6.36. The Bertz CT molecular complexity index is 1050. The van der Waals surface area contributed by atoms with E-state index in [2.05, 4.69) is 10.5 Å². The molecule has 1 N–H and O–H groups in total.